The second kappa shape index (κ2) is 8.49. The summed E-state index contributed by atoms with van der Waals surface area (Å²) < 4.78 is 18.9. The van der Waals surface area contributed by atoms with Crippen molar-refractivity contribution in [3.63, 3.8) is 0 Å². The average molecular weight is 375 g/mol. The number of nitrogens with one attached hydrogen (secondary N) is 2. The number of nitrogens with zero attached hydrogens (tertiary/aromatic N) is 3. The topological polar surface area (TPSA) is 73.5 Å². The molecule has 7 nitrogen and oxygen atoms in total. The van der Waals surface area contributed by atoms with Gasteiger partial charge in [0.05, 0.1) is 30.6 Å². The van der Waals surface area contributed by atoms with Crippen LogP contribution in [0.4, 0.5) is 9.18 Å². The summed E-state index contributed by atoms with van der Waals surface area (Å²) in [7, 11) is 3.76. The van der Waals surface area contributed by atoms with Crippen LogP contribution >= 0.6 is 0 Å². The molecule has 0 saturated carbocycles. The summed E-state index contributed by atoms with van der Waals surface area (Å²) in [5.41, 5.74) is 2.47. The molecule has 1 aromatic carbocycles. The minimum absolute atomic E-state index is 0.000974. The molecular weight excluding hydrogens is 349 g/mol. The molecule has 2 aromatic rings. The third kappa shape index (κ3) is 4.64. The number of amides is 2. The number of aromatic nitrogens is 2. The Hall–Kier alpha value is -2.45. The zero-order valence-corrected chi connectivity index (χ0v) is 15.9. The van der Waals surface area contributed by atoms with Crippen LogP contribution in [0.3, 0.4) is 0 Å². The van der Waals surface area contributed by atoms with Crippen LogP contribution in [0.25, 0.3) is 11.3 Å². The van der Waals surface area contributed by atoms with Gasteiger partial charge in [0.15, 0.2) is 0 Å². The Balaban J connectivity index is 1.64. The first kappa shape index (κ1) is 19.3. The maximum Gasteiger partial charge on any atom is 0.317 e. The van der Waals surface area contributed by atoms with Gasteiger partial charge in [-0.15, -0.1) is 0 Å². The number of benzene rings is 1. The summed E-state index contributed by atoms with van der Waals surface area (Å²) in [5.74, 6) is -0.290. The van der Waals surface area contributed by atoms with Crippen molar-refractivity contribution >= 4 is 6.03 Å². The third-order valence-corrected chi connectivity index (χ3v) is 4.74. The lowest BCUT2D eigenvalue weighted by atomic mass is 10.1. The minimum atomic E-state index is -0.290. The molecule has 3 rings (SSSR count). The zero-order valence-electron chi connectivity index (χ0n) is 15.9. The number of hydrogen-bond donors (Lipinski definition) is 2. The lowest BCUT2D eigenvalue weighted by molar-refractivity contribution is 0.0552. The van der Waals surface area contributed by atoms with Gasteiger partial charge in [-0.3, -0.25) is 5.10 Å². The first-order valence-corrected chi connectivity index (χ1v) is 9.08. The Morgan fingerprint density at radius 2 is 2.15 bits per heavy atom. The van der Waals surface area contributed by atoms with Crippen molar-refractivity contribution < 1.29 is 13.9 Å². The van der Waals surface area contributed by atoms with Crippen molar-refractivity contribution in [1.82, 2.24) is 25.3 Å². The zero-order chi connectivity index (χ0) is 19.4. The minimum Gasteiger partial charge on any atom is -0.375 e. The highest BCUT2D eigenvalue weighted by molar-refractivity contribution is 5.75. The maximum atomic E-state index is 13.2. The molecule has 8 heteroatoms. The molecule has 0 bridgehead atoms. The van der Waals surface area contributed by atoms with Crippen LogP contribution < -0.4 is 5.32 Å². The van der Waals surface area contributed by atoms with Gasteiger partial charge in [0, 0.05) is 37.9 Å². The number of likely N-dealkylation sites (N-methyl/N-ethyl adjacent to an activating group) is 1. The molecule has 1 saturated heterocycles. The van der Waals surface area contributed by atoms with Gasteiger partial charge in [-0.25, -0.2) is 9.18 Å². The number of ether oxygens (including phenoxy) is 1. The number of halogens is 1. The van der Waals surface area contributed by atoms with E-state index in [1.165, 1.54) is 12.1 Å². The highest BCUT2D eigenvalue weighted by Crippen LogP contribution is 2.22. The highest BCUT2D eigenvalue weighted by Gasteiger charge is 2.33. The molecule has 27 heavy (non-hydrogen) atoms. The average Bonchev–Trinajstić information content (AvgIpc) is 3.22. The fraction of sp³-hybridized carbons (Fsp3) is 0.474. The molecular formula is C19H26FN5O2. The summed E-state index contributed by atoms with van der Waals surface area (Å²) in [4.78, 5) is 16.4. The normalized spacial score (nSPS) is 20.0. The second-order valence-electron chi connectivity index (χ2n) is 6.90. The molecule has 1 aromatic heterocycles. The summed E-state index contributed by atoms with van der Waals surface area (Å²) in [6.07, 6.45) is 1.69. The smallest absolute Gasteiger partial charge is 0.317 e. The lowest BCUT2D eigenvalue weighted by Gasteiger charge is -2.24. The molecule has 0 aliphatic carbocycles. The highest BCUT2D eigenvalue weighted by atomic mass is 19.1. The standard InChI is InChI=1S/C19H26FN5O2/c1-4-27-17-12-24(2)11-16(17)22-19(26)25(3)10-14-9-21-23-18(14)13-5-7-15(20)8-6-13/h5-9,16-17H,4,10-12H2,1-3H3,(H,21,23)(H,22,26)/t16-,17-/m0/s1. The number of H-pyrrole nitrogens is 1. The van der Waals surface area contributed by atoms with Gasteiger partial charge < -0.3 is 19.9 Å². The molecule has 1 fully saturated rings. The Morgan fingerprint density at radius 1 is 1.41 bits per heavy atom. The van der Waals surface area contributed by atoms with E-state index < -0.39 is 0 Å². The summed E-state index contributed by atoms with van der Waals surface area (Å²) in [6.45, 7) is 4.53. The number of likely N-dealkylation sites (tertiary alicyclic amines) is 1. The molecule has 2 N–H and O–H groups in total. The van der Waals surface area contributed by atoms with Gasteiger partial charge in [-0.1, -0.05) is 0 Å². The van der Waals surface area contributed by atoms with Gasteiger partial charge in [0.1, 0.15) is 5.82 Å². The van der Waals surface area contributed by atoms with E-state index in [9.17, 15) is 9.18 Å². The lowest BCUT2D eigenvalue weighted by Crippen LogP contribution is -2.48. The molecule has 2 heterocycles. The predicted octanol–water partition coefficient (Wildman–Crippen LogP) is 2.08. The van der Waals surface area contributed by atoms with Crippen LogP contribution in [-0.2, 0) is 11.3 Å². The molecule has 2 atom stereocenters. The van der Waals surface area contributed by atoms with E-state index in [-0.39, 0.29) is 24.0 Å². The van der Waals surface area contributed by atoms with Crippen molar-refractivity contribution in [2.45, 2.75) is 25.6 Å². The van der Waals surface area contributed by atoms with Gasteiger partial charge in [-0.2, -0.15) is 5.10 Å². The SMILES string of the molecule is CCO[C@H]1CN(C)C[C@@H]1NC(=O)N(C)Cc1cn[nH]c1-c1ccc(F)cc1. The number of carbonyl (C=O) groups is 1. The molecule has 146 valence electrons. The number of aromatic amines is 1. The Kier molecular flexibility index (Phi) is 6.08. The van der Waals surface area contributed by atoms with Crippen molar-refractivity contribution in [2.24, 2.45) is 0 Å². The molecule has 0 radical (unpaired) electrons. The first-order chi connectivity index (χ1) is 13.0. The van der Waals surface area contributed by atoms with Crippen molar-refractivity contribution in [2.75, 3.05) is 33.8 Å². The largest absolute Gasteiger partial charge is 0.375 e. The van der Waals surface area contributed by atoms with Crippen LogP contribution in [0.5, 0.6) is 0 Å². The van der Waals surface area contributed by atoms with Gasteiger partial charge in [0.25, 0.3) is 0 Å². The van der Waals surface area contributed by atoms with E-state index >= 15 is 0 Å². The fourth-order valence-electron chi connectivity index (χ4n) is 3.38. The third-order valence-electron chi connectivity index (χ3n) is 4.74. The van der Waals surface area contributed by atoms with E-state index in [2.05, 4.69) is 20.4 Å². The van der Waals surface area contributed by atoms with Crippen LogP contribution in [0, 0.1) is 5.82 Å². The summed E-state index contributed by atoms with van der Waals surface area (Å²) in [6, 6.07) is 5.99. The number of carbonyl (C=O) groups excluding carboxylic acids is 1. The van der Waals surface area contributed by atoms with Gasteiger partial charge in [0.2, 0.25) is 0 Å². The van der Waals surface area contributed by atoms with Crippen molar-refractivity contribution in [3.05, 3.63) is 41.8 Å². The first-order valence-electron chi connectivity index (χ1n) is 9.08. The maximum absolute atomic E-state index is 13.2. The van der Waals surface area contributed by atoms with Gasteiger partial charge >= 0.3 is 6.03 Å². The van der Waals surface area contributed by atoms with Crippen molar-refractivity contribution in [3.8, 4) is 11.3 Å². The van der Waals surface area contributed by atoms with E-state index in [0.29, 0.717) is 13.2 Å². The fourth-order valence-corrected chi connectivity index (χ4v) is 3.38. The monoisotopic (exact) mass is 375 g/mol. The van der Waals surface area contributed by atoms with E-state index in [0.717, 1.165) is 29.9 Å². The van der Waals surface area contributed by atoms with E-state index in [4.69, 9.17) is 4.74 Å². The molecule has 0 unspecified atom stereocenters. The Bertz CT molecular complexity index is 764. The molecule has 1 aliphatic heterocycles. The summed E-state index contributed by atoms with van der Waals surface area (Å²) in [5, 5.41) is 10.1. The predicted molar refractivity (Wildman–Crippen MR) is 101 cm³/mol. The Morgan fingerprint density at radius 3 is 2.85 bits per heavy atom. The quantitative estimate of drug-likeness (QED) is 0.811. The molecule has 1 aliphatic rings. The number of urea groups is 1. The molecule has 2 amide bonds. The van der Waals surface area contributed by atoms with E-state index in [1.54, 1.807) is 30.3 Å². The number of rotatable bonds is 6. The second-order valence-corrected chi connectivity index (χ2v) is 6.90. The van der Waals surface area contributed by atoms with Crippen LogP contribution in [0.2, 0.25) is 0 Å². The van der Waals surface area contributed by atoms with Crippen LogP contribution in [0.1, 0.15) is 12.5 Å². The Labute approximate surface area is 158 Å². The molecule has 0 spiro atoms. The van der Waals surface area contributed by atoms with Gasteiger partial charge in [-0.05, 0) is 38.2 Å². The van der Waals surface area contributed by atoms with Crippen LogP contribution in [0.15, 0.2) is 30.5 Å². The number of hydrogen-bond acceptors (Lipinski definition) is 4. The summed E-state index contributed by atoms with van der Waals surface area (Å²) >= 11 is 0. The van der Waals surface area contributed by atoms with Crippen LogP contribution in [-0.4, -0.2) is 72.0 Å². The van der Waals surface area contributed by atoms with E-state index in [1.807, 2.05) is 14.0 Å². The van der Waals surface area contributed by atoms with Crippen molar-refractivity contribution in [1.29, 1.82) is 0 Å².